The van der Waals surface area contributed by atoms with E-state index in [4.69, 9.17) is 0 Å². The van der Waals surface area contributed by atoms with E-state index in [2.05, 4.69) is 21.2 Å². The number of carbonyl (C=O) groups excluding carboxylic acids is 1. The molecule has 4 heteroatoms. The summed E-state index contributed by atoms with van der Waals surface area (Å²) in [5.74, 6) is 0.0169. The van der Waals surface area contributed by atoms with Crippen LogP contribution in [0.1, 0.15) is 10.4 Å². The van der Waals surface area contributed by atoms with Crippen LogP contribution in [0, 0.1) is 6.92 Å². The molecule has 1 heterocycles. The van der Waals surface area contributed by atoms with Crippen molar-refractivity contribution in [3.05, 3.63) is 50.6 Å². The number of thiophene rings is 1. The van der Waals surface area contributed by atoms with E-state index in [-0.39, 0.29) is 5.91 Å². The Kier molecular flexibility index (Phi) is 3.97. The number of hydrogen-bond donors (Lipinski definition) is 1. The van der Waals surface area contributed by atoms with Gasteiger partial charge in [0.25, 0.3) is 0 Å². The summed E-state index contributed by atoms with van der Waals surface area (Å²) in [4.78, 5) is 12.8. The van der Waals surface area contributed by atoms with Crippen molar-refractivity contribution in [2.75, 3.05) is 5.32 Å². The third-order valence-electron chi connectivity index (χ3n) is 2.37. The second-order valence-corrected chi connectivity index (χ2v) is 5.65. The summed E-state index contributed by atoms with van der Waals surface area (Å²) >= 11 is 5.04. The largest absolute Gasteiger partial charge is 0.326 e. The summed E-state index contributed by atoms with van der Waals surface area (Å²) in [7, 11) is 0. The molecule has 0 atom stereocenters. The highest BCUT2D eigenvalue weighted by Crippen LogP contribution is 2.21. The van der Waals surface area contributed by atoms with Gasteiger partial charge in [0.1, 0.15) is 0 Å². The maximum atomic E-state index is 11.8. The summed E-state index contributed by atoms with van der Waals surface area (Å²) < 4.78 is 1.01. The van der Waals surface area contributed by atoms with Crippen LogP contribution in [0.3, 0.4) is 0 Å². The first kappa shape index (κ1) is 12.3. The average molecular weight is 310 g/mol. The first-order chi connectivity index (χ1) is 8.15. The van der Waals surface area contributed by atoms with Gasteiger partial charge in [0.05, 0.1) is 6.42 Å². The summed E-state index contributed by atoms with van der Waals surface area (Å²) in [6.45, 7) is 2.02. The third kappa shape index (κ3) is 3.41. The average Bonchev–Trinajstić information content (AvgIpc) is 2.76. The molecule has 0 saturated heterocycles. The highest BCUT2D eigenvalue weighted by atomic mass is 79.9. The minimum atomic E-state index is 0.0169. The van der Waals surface area contributed by atoms with Crippen molar-refractivity contribution in [1.82, 2.24) is 0 Å². The Bertz CT molecular complexity index is 522. The van der Waals surface area contributed by atoms with Gasteiger partial charge < -0.3 is 5.32 Å². The molecule has 0 radical (unpaired) electrons. The van der Waals surface area contributed by atoms with Crippen LogP contribution in [0.15, 0.2) is 40.2 Å². The lowest BCUT2D eigenvalue weighted by Gasteiger charge is -2.06. The van der Waals surface area contributed by atoms with E-state index in [1.807, 2.05) is 42.6 Å². The SMILES string of the molecule is Cc1ccc(NC(=O)Cc2cccs2)cc1Br. The number of carbonyl (C=O) groups is 1. The van der Waals surface area contributed by atoms with Crippen LogP contribution < -0.4 is 5.32 Å². The molecule has 0 aliphatic heterocycles. The molecule has 2 rings (SSSR count). The van der Waals surface area contributed by atoms with Gasteiger partial charge in [-0.25, -0.2) is 0 Å². The van der Waals surface area contributed by atoms with Gasteiger partial charge >= 0.3 is 0 Å². The zero-order valence-electron chi connectivity index (χ0n) is 9.37. The first-order valence-corrected chi connectivity index (χ1v) is 6.91. The van der Waals surface area contributed by atoms with Crippen LogP contribution in [0.4, 0.5) is 5.69 Å². The lowest BCUT2D eigenvalue weighted by molar-refractivity contribution is -0.115. The molecule has 88 valence electrons. The number of benzene rings is 1. The quantitative estimate of drug-likeness (QED) is 0.912. The molecule has 1 amide bonds. The number of hydrogen-bond acceptors (Lipinski definition) is 2. The Morgan fingerprint density at radius 2 is 2.24 bits per heavy atom. The Labute approximate surface area is 113 Å². The highest BCUT2D eigenvalue weighted by molar-refractivity contribution is 9.10. The van der Waals surface area contributed by atoms with Gasteiger partial charge in [-0.3, -0.25) is 4.79 Å². The van der Waals surface area contributed by atoms with Crippen molar-refractivity contribution >= 4 is 38.9 Å². The van der Waals surface area contributed by atoms with Gasteiger partial charge in [0.15, 0.2) is 0 Å². The molecule has 0 fully saturated rings. The molecular weight excluding hydrogens is 298 g/mol. The van der Waals surface area contributed by atoms with Gasteiger partial charge in [-0.2, -0.15) is 0 Å². The molecule has 0 bridgehead atoms. The Hall–Kier alpha value is -1.13. The van der Waals surface area contributed by atoms with E-state index >= 15 is 0 Å². The molecule has 2 aromatic rings. The van der Waals surface area contributed by atoms with E-state index in [0.717, 1.165) is 20.6 Å². The van der Waals surface area contributed by atoms with Crippen LogP contribution in [0.2, 0.25) is 0 Å². The van der Waals surface area contributed by atoms with Crippen molar-refractivity contribution in [3.8, 4) is 0 Å². The van der Waals surface area contributed by atoms with Crippen LogP contribution >= 0.6 is 27.3 Å². The zero-order chi connectivity index (χ0) is 12.3. The van der Waals surface area contributed by atoms with Crippen LogP contribution in [0.5, 0.6) is 0 Å². The summed E-state index contributed by atoms with van der Waals surface area (Å²) in [6.07, 6.45) is 0.434. The highest BCUT2D eigenvalue weighted by Gasteiger charge is 2.05. The lowest BCUT2D eigenvalue weighted by atomic mass is 10.2. The summed E-state index contributed by atoms with van der Waals surface area (Å²) in [5.41, 5.74) is 1.98. The molecule has 1 N–H and O–H groups in total. The monoisotopic (exact) mass is 309 g/mol. The van der Waals surface area contributed by atoms with Gasteiger partial charge in [0.2, 0.25) is 5.91 Å². The Morgan fingerprint density at radius 3 is 2.88 bits per heavy atom. The summed E-state index contributed by atoms with van der Waals surface area (Å²) in [6, 6.07) is 9.73. The van der Waals surface area contributed by atoms with Crippen LogP contribution in [0.25, 0.3) is 0 Å². The third-order valence-corrected chi connectivity index (χ3v) is 4.10. The van der Waals surface area contributed by atoms with Gasteiger partial charge in [-0.1, -0.05) is 28.1 Å². The number of anilines is 1. The minimum absolute atomic E-state index is 0.0169. The van der Waals surface area contributed by atoms with E-state index in [9.17, 15) is 4.79 Å². The molecule has 0 aliphatic rings. The predicted molar refractivity (Wildman–Crippen MR) is 75.5 cm³/mol. The standard InChI is InChI=1S/C13H12BrNOS/c1-9-4-5-10(7-12(9)14)15-13(16)8-11-3-2-6-17-11/h2-7H,8H2,1H3,(H,15,16). The van der Waals surface area contributed by atoms with E-state index < -0.39 is 0 Å². The van der Waals surface area contributed by atoms with Gasteiger partial charge in [-0.05, 0) is 36.1 Å². The molecule has 1 aromatic carbocycles. The van der Waals surface area contributed by atoms with Crippen molar-refractivity contribution in [2.24, 2.45) is 0 Å². The normalized spacial score (nSPS) is 10.2. The fourth-order valence-corrected chi connectivity index (χ4v) is 2.53. The number of amides is 1. The number of aryl methyl sites for hydroxylation is 1. The second-order valence-electron chi connectivity index (χ2n) is 3.77. The van der Waals surface area contributed by atoms with E-state index in [1.165, 1.54) is 0 Å². The molecule has 0 unspecified atom stereocenters. The van der Waals surface area contributed by atoms with Crippen molar-refractivity contribution in [3.63, 3.8) is 0 Å². The second kappa shape index (κ2) is 5.47. The maximum Gasteiger partial charge on any atom is 0.229 e. The fourth-order valence-electron chi connectivity index (χ4n) is 1.45. The number of nitrogens with one attached hydrogen (secondary N) is 1. The Morgan fingerprint density at radius 1 is 1.41 bits per heavy atom. The van der Waals surface area contributed by atoms with Crippen LogP contribution in [-0.2, 0) is 11.2 Å². The van der Waals surface area contributed by atoms with Crippen molar-refractivity contribution in [2.45, 2.75) is 13.3 Å². The van der Waals surface area contributed by atoms with Crippen LogP contribution in [-0.4, -0.2) is 5.91 Å². The molecule has 17 heavy (non-hydrogen) atoms. The van der Waals surface area contributed by atoms with E-state index in [0.29, 0.717) is 6.42 Å². The lowest BCUT2D eigenvalue weighted by Crippen LogP contribution is -2.13. The topological polar surface area (TPSA) is 29.1 Å². The zero-order valence-corrected chi connectivity index (χ0v) is 11.8. The maximum absolute atomic E-state index is 11.8. The fraction of sp³-hybridized carbons (Fsp3) is 0.154. The number of rotatable bonds is 3. The molecular formula is C13H12BrNOS. The molecule has 0 saturated carbocycles. The molecule has 1 aromatic heterocycles. The van der Waals surface area contributed by atoms with Gasteiger partial charge in [-0.15, -0.1) is 11.3 Å². The predicted octanol–water partition coefficient (Wildman–Crippen LogP) is 4.00. The van der Waals surface area contributed by atoms with Crippen molar-refractivity contribution < 1.29 is 4.79 Å². The van der Waals surface area contributed by atoms with Crippen molar-refractivity contribution in [1.29, 1.82) is 0 Å². The molecule has 2 nitrogen and oxygen atoms in total. The number of halogens is 1. The van der Waals surface area contributed by atoms with Gasteiger partial charge in [0, 0.05) is 15.0 Å². The Balaban J connectivity index is 2.00. The molecule has 0 spiro atoms. The first-order valence-electron chi connectivity index (χ1n) is 5.23. The minimum Gasteiger partial charge on any atom is -0.326 e. The molecule has 0 aliphatic carbocycles. The van der Waals surface area contributed by atoms with E-state index in [1.54, 1.807) is 11.3 Å². The summed E-state index contributed by atoms with van der Waals surface area (Å²) in [5, 5.41) is 4.86. The smallest absolute Gasteiger partial charge is 0.229 e.